The van der Waals surface area contributed by atoms with Gasteiger partial charge in [0.2, 0.25) is 0 Å². The Labute approximate surface area is 106 Å². The Morgan fingerprint density at radius 2 is 2.17 bits per heavy atom. The summed E-state index contributed by atoms with van der Waals surface area (Å²) >= 11 is 5.27. The first-order valence-electron chi connectivity index (χ1n) is 5.63. The maximum atomic E-state index is 10.0. The molecule has 0 saturated carbocycles. The number of aliphatic hydroxyl groups is 2. The molecule has 8 heteroatoms. The molecule has 2 aliphatic heterocycles. The van der Waals surface area contributed by atoms with E-state index in [0.29, 0.717) is 16.7 Å². The standard InChI is InChI=1S/C10H10N4O3S/c15-7-5-3-13-9-4(11-12-13)1-2-6(18)14(9)10(17-5)8(7)16/h1-2,5,7-8,10,15-16H,3H2/t5-,7-,8-,10-/m1/s1. The Morgan fingerprint density at radius 1 is 1.33 bits per heavy atom. The van der Waals surface area contributed by atoms with E-state index in [0.717, 1.165) is 5.65 Å². The van der Waals surface area contributed by atoms with Crippen molar-refractivity contribution in [3.63, 3.8) is 0 Å². The van der Waals surface area contributed by atoms with Gasteiger partial charge in [-0.25, -0.2) is 4.68 Å². The maximum absolute atomic E-state index is 10.0. The molecule has 0 spiro atoms. The monoisotopic (exact) mass is 266 g/mol. The fourth-order valence-corrected chi connectivity index (χ4v) is 2.90. The quantitative estimate of drug-likeness (QED) is 0.631. The summed E-state index contributed by atoms with van der Waals surface area (Å²) in [7, 11) is 0. The molecule has 1 fully saturated rings. The van der Waals surface area contributed by atoms with Gasteiger partial charge in [-0.1, -0.05) is 17.4 Å². The van der Waals surface area contributed by atoms with Crippen LogP contribution < -0.4 is 0 Å². The van der Waals surface area contributed by atoms with Crippen LogP contribution in [-0.4, -0.2) is 48.1 Å². The van der Waals surface area contributed by atoms with Gasteiger partial charge in [-0.15, -0.1) is 5.10 Å². The van der Waals surface area contributed by atoms with Gasteiger partial charge in [0.1, 0.15) is 28.5 Å². The van der Waals surface area contributed by atoms with Crippen molar-refractivity contribution < 1.29 is 14.9 Å². The van der Waals surface area contributed by atoms with Gasteiger partial charge in [-0.05, 0) is 12.1 Å². The number of rotatable bonds is 0. The summed E-state index contributed by atoms with van der Waals surface area (Å²) in [4.78, 5) is 0. The molecule has 0 unspecified atom stereocenters. The van der Waals surface area contributed by atoms with E-state index in [2.05, 4.69) is 10.3 Å². The summed E-state index contributed by atoms with van der Waals surface area (Å²) in [6.07, 6.45) is -3.11. The summed E-state index contributed by atoms with van der Waals surface area (Å²) in [5, 5.41) is 28.0. The molecule has 2 aliphatic rings. The summed E-state index contributed by atoms with van der Waals surface area (Å²) in [5.74, 6) is 0. The van der Waals surface area contributed by atoms with Crippen LogP contribution in [0.5, 0.6) is 0 Å². The van der Waals surface area contributed by atoms with E-state index < -0.39 is 24.5 Å². The van der Waals surface area contributed by atoms with Crippen LogP contribution in [0.1, 0.15) is 6.23 Å². The van der Waals surface area contributed by atoms with E-state index in [1.54, 1.807) is 21.4 Å². The fraction of sp³-hybridized carbons (Fsp3) is 0.500. The van der Waals surface area contributed by atoms with Crippen molar-refractivity contribution in [2.45, 2.75) is 31.1 Å². The zero-order chi connectivity index (χ0) is 12.4. The minimum Gasteiger partial charge on any atom is -0.387 e. The molecule has 94 valence electrons. The third kappa shape index (κ3) is 1.15. The van der Waals surface area contributed by atoms with Crippen LogP contribution in [0.2, 0.25) is 0 Å². The Balaban J connectivity index is 2.10. The van der Waals surface area contributed by atoms with Crippen molar-refractivity contribution in [3.05, 3.63) is 16.8 Å². The lowest BCUT2D eigenvalue weighted by atomic mass is 10.1. The van der Waals surface area contributed by atoms with Gasteiger partial charge >= 0.3 is 0 Å². The van der Waals surface area contributed by atoms with Crippen molar-refractivity contribution >= 4 is 23.4 Å². The van der Waals surface area contributed by atoms with Gasteiger partial charge in [0.05, 0.1) is 6.54 Å². The number of hydrogen-bond acceptors (Lipinski definition) is 6. The highest BCUT2D eigenvalue weighted by Crippen LogP contribution is 2.35. The van der Waals surface area contributed by atoms with Crippen molar-refractivity contribution in [1.82, 2.24) is 19.6 Å². The van der Waals surface area contributed by atoms with Gasteiger partial charge in [0, 0.05) is 0 Å². The Kier molecular flexibility index (Phi) is 1.97. The van der Waals surface area contributed by atoms with E-state index in [-0.39, 0.29) is 0 Å². The highest BCUT2D eigenvalue weighted by molar-refractivity contribution is 7.71. The van der Waals surface area contributed by atoms with Crippen molar-refractivity contribution in [1.29, 1.82) is 0 Å². The highest BCUT2D eigenvalue weighted by Gasteiger charge is 2.46. The summed E-state index contributed by atoms with van der Waals surface area (Å²) in [6, 6.07) is 3.51. The zero-order valence-corrected chi connectivity index (χ0v) is 9.99. The van der Waals surface area contributed by atoms with E-state index >= 15 is 0 Å². The van der Waals surface area contributed by atoms with E-state index in [4.69, 9.17) is 17.0 Å². The van der Waals surface area contributed by atoms with E-state index in [1.165, 1.54) is 0 Å². The summed E-state index contributed by atoms with van der Waals surface area (Å²) in [5.41, 5.74) is 1.42. The molecule has 0 aliphatic carbocycles. The van der Waals surface area contributed by atoms with Crippen LogP contribution in [-0.2, 0) is 11.3 Å². The fourth-order valence-electron chi connectivity index (χ4n) is 2.64. The number of ether oxygens (including phenoxy) is 1. The van der Waals surface area contributed by atoms with Crippen LogP contribution in [0, 0.1) is 4.64 Å². The molecule has 4 heterocycles. The Bertz CT molecular complexity index is 696. The minimum atomic E-state index is -0.990. The lowest BCUT2D eigenvalue weighted by Gasteiger charge is -2.20. The van der Waals surface area contributed by atoms with Gasteiger partial charge in [-0.2, -0.15) is 0 Å². The second kappa shape index (κ2) is 3.35. The first-order valence-corrected chi connectivity index (χ1v) is 6.04. The average molecular weight is 266 g/mol. The number of hydrogen-bond donors (Lipinski definition) is 2. The number of aliphatic hydroxyl groups excluding tert-OH is 2. The molecule has 2 bridgehead atoms. The molecule has 4 rings (SSSR count). The maximum Gasteiger partial charge on any atom is 0.165 e. The van der Waals surface area contributed by atoms with Gasteiger partial charge < -0.3 is 14.9 Å². The largest absolute Gasteiger partial charge is 0.387 e. The van der Waals surface area contributed by atoms with Crippen LogP contribution in [0.4, 0.5) is 0 Å². The normalized spacial score (nSPS) is 33.9. The highest BCUT2D eigenvalue weighted by atomic mass is 32.1. The van der Waals surface area contributed by atoms with E-state index in [9.17, 15) is 10.2 Å². The van der Waals surface area contributed by atoms with E-state index in [1.807, 2.05) is 0 Å². The molecular formula is C10H10N4O3S. The average Bonchev–Trinajstić information content (AvgIpc) is 2.80. The molecule has 4 atom stereocenters. The topological polar surface area (TPSA) is 85.3 Å². The third-order valence-electron chi connectivity index (χ3n) is 3.53. The molecule has 1 saturated heterocycles. The first kappa shape index (κ1) is 10.6. The molecule has 7 nitrogen and oxygen atoms in total. The van der Waals surface area contributed by atoms with Crippen LogP contribution in [0.25, 0.3) is 11.2 Å². The van der Waals surface area contributed by atoms with Gasteiger partial charge in [0.15, 0.2) is 11.9 Å². The van der Waals surface area contributed by atoms with Gasteiger partial charge in [0.25, 0.3) is 0 Å². The molecule has 2 aromatic rings. The van der Waals surface area contributed by atoms with Crippen molar-refractivity contribution in [3.8, 4) is 0 Å². The first-order chi connectivity index (χ1) is 8.66. The molecule has 0 aromatic carbocycles. The molecule has 2 N–H and O–H groups in total. The van der Waals surface area contributed by atoms with Crippen LogP contribution in [0.3, 0.4) is 0 Å². The van der Waals surface area contributed by atoms with Gasteiger partial charge in [-0.3, -0.25) is 4.57 Å². The predicted molar refractivity (Wildman–Crippen MR) is 62.3 cm³/mol. The third-order valence-corrected chi connectivity index (χ3v) is 3.86. The van der Waals surface area contributed by atoms with Crippen LogP contribution in [0.15, 0.2) is 12.1 Å². The minimum absolute atomic E-state index is 0.351. The molecular weight excluding hydrogens is 256 g/mol. The zero-order valence-electron chi connectivity index (χ0n) is 9.17. The number of pyridine rings is 1. The second-order valence-corrected chi connectivity index (χ2v) is 4.99. The molecule has 0 radical (unpaired) electrons. The second-order valence-electron chi connectivity index (χ2n) is 4.57. The number of aromatic nitrogens is 4. The molecule has 0 amide bonds. The lowest BCUT2D eigenvalue weighted by molar-refractivity contribution is -0.0342. The summed E-state index contributed by atoms with van der Waals surface area (Å²) in [6.45, 7) is 0.351. The predicted octanol–water partition coefficient (Wildman–Crippen LogP) is -0.405. The lowest BCUT2D eigenvalue weighted by Crippen LogP contribution is -2.36. The van der Waals surface area contributed by atoms with Crippen molar-refractivity contribution in [2.75, 3.05) is 0 Å². The smallest absolute Gasteiger partial charge is 0.165 e. The SMILES string of the molecule is O[C@@H]1[C@H](O)[C@H]2Cn3nnc4ccc(=S)n(c43)[C@@H]1O2. The Hall–Kier alpha value is -1.35. The molecule has 2 aromatic heterocycles. The number of nitrogens with zero attached hydrogens (tertiary/aromatic N) is 4. The number of fused-ring (bicyclic) bond motifs is 3. The van der Waals surface area contributed by atoms with Crippen LogP contribution >= 0.6 is 12.2 Å². The molecule has 18 heavy (non-hydrogen) atoms. The van der Waals surface area contributed by atoms with Crippen molar-refractivity contribution in [2.24, 2.45) is 0 Å². The Morgan fingerprint density at radius 3 is 3.00 bits per heavy atom. The summed E-state index contributed by atoms with van der Waals surface area (Å²) < 4.78 is 9.51.